The predicted molar refractivity (Wildman–Crippen MR) is 83.9 cm³/mol. The van der Waals surface area contributed by atoms with E-state index in [1.54, 1.807) is 0 Å². The number of aryl methyl sites for hydroxylation is 1. The minimum atomic E-state index is 0.341. The molecule has 1 aliphatic heterocycles. The number of hydrogen-bond acceptors (Lipinski definition) is 2. The van der Waals surface area contributed by atoms with Crippen molar-refractivity contribution in [3.63, 3.8) is 0 Å². The second-order valence-corrected chi connectivity index (χ2v) is 6.34. The van der Waals surface area contributed by atoms with Crippen molar-refractivity contribution in [1.82, 2.24) is 5.32 Å². The molecule has 0 radical (unpaired) electrons. The molecule has 0 saturated carbocycles. The zero-order chi connectivity index (χ0) is 13.9. The van der Waals surface area contributed by atoms with Gasteiger partial charge in [-0.05, 0) is 50.3 Å². The summed E-state index contributed by atoms with van der Waals surface area (Å²) in [4.78, 5) is 2.62. The van der Waals surface area contributed by atoms with Gasteiger partial charge in [0.15, 0.2) is 0 Å². The lowest BCUT2D eigenvalue weighted by Gasteiger charge is -2.43. The summed E-state index contributed by atoms with van der Waals surface area (Å²) in [5.74, 6) is 0. The smallest absolute Gasteiger partial charge is 0.0401 e. The van der Waals surface area contributed by atoms with Gasteiger partial charge in [0.05, 0.1) is 0 Å². The summed E-state index contributed by atoms with van der Waals surface area (Å²) in [5.41, 5.74) is 3.31. The van der Waals surface area contributed by atoms with Crippen LogP contribution in [-0.4, -0.2) is 26.2 Å². The Morgan fingerprint density at radius 3 is 2.79 bits per heavy atom. The fourth-order valence-electron chi connectivity index (χ4n) is 3.13. The van der Waals surface area contributed by atoms with Crippen LogP contribution in [0.1, 0.15) is 39.2 Å². The summed E-state index contributed by atoms with van der Waals surface area (Å²) in [7, 11) is 2.06. The molecule has 1 aromatic rings. The van der Waals surface area contributed by atoms with Gasteiger partial charge in [-0.2, -0.15) is 0 Å². The summed E-state index contributed by atoms with van der Waals surface area (Å²) < 4.78 is 0. The maximum absolute atomic E-state index is 3.36. The van der Waals surface area contributed by atoms with Crippen LogP contribution in [0, 0.1) is 5.41 Å². The van der Waals surface area contributed by atoms with E-state index in [2.05, 4.69) is 62.3 Å². The number of para-hydroxylation sites is 1. The predicted octanol–water partition coefficient (Wildman–Crippen LogP) is 3.46. The first-order chi connectivity index (χ1) is 9.09. The third-order valence-corrected chi connectivity index (χ3v) is 4.67. The highest BCUT2D eigenvalue weighted by Crippen LogP contribution is 2.34. The Kier molecular flexibility index (Phi) is 4.51. The second kappa shape index (κ2) is 5.96. The number of hydrogen-bond donors (Lipinski definition) is 1. The third kappa shape index (κ3) is 3.11. The first-order valence-electron chi connectivity index (χ1n) is 7.59. The summed E-state index contributed by atoms with van der Waals surface area (Å²) in [6, 6.07) is 9.57. The Morgan fingerprint density at radius 1 is 1.37 bits per heavy atom. The number of nitrogens with one attached hydrogen (secondary N) is 1. The van der Waals surface area contributed by atoms with E-state index in [0.29, 0.717) is 11.5 Å². The van der Waals surface area contributed by atoms with Crippen molar-refractivity contribution in [2.45, 2.75) is 46.1 Å². The van der Waals surface area contributed by atoms with E-state index in [-0.39, 0.29) is 0 Å². The van der Waals surface area contributed by atoms with Crippen LogP contribution in [0.25, 0.3) is 0 Å². The largest absolute Gasteiger partial charge is 0.368 e. The van der Waals surface area contributed by atoms with Crippen LogP contribution in [0.2, 0.25) is 0 Å². The molecule has 1 N–H and O–H groups in total. The SMILES string of the molecule is CCC(C)(CNC)CN1c2ccccc2CCC1C. The molecule has 2 unspecified atom stereocenters. The lowest BCUT2D eigenvalue weighted by Crippen LogP contribution is -2.47. The van der Waals surface area contributed by atoms with E-state index in [4.69, 9.17) is 0 Å². The summed E-state index contributed by atoms with van der Waals surface area (Å²) in [6.07, 6.45) is 3.71. The molecule has 0 bridgehead atoms. The molecule has 1 heterocycles. The minimum Gasteiger partial charge on any atom is -0.368 e. The average molecular weight is 260 g/mol. The maximum Gasteiger partial charge on any atom is 0.0401 e. The van der Waals surface area contributed by atoms with Crippen molar-refractivity contribution < 1.29 is 0 Å². The highest BCUT2D eigenvalue weighted by Gasteiger charge is 2.30. The van der Waals surface area contributed by atoms with Gasteiger partial charge >= 0.3 is 0 Å². The number of nitrogens with zero attached hydrogens (tertiary/aromatic N) is 1. The third-order valence-electron chi connectivity index (χ3n) is 4.67. The molecule has 0 amide bonds. The van der Waals surface area contributed by atoms with Crippen LogP contribution in [0.3, 0.4) is 0 Å². The fourth-order valence-corrected chi connectivity index (χ4v) is 3.13. The Hall–Kier alpha value is -1.02. The number of anilines is 1. The van der Waals surface area contributed by atoms with Crippen LogP contribution in [0.15, 0.2) is 24.3 Å². The summed E-state index contributed by atoms with van der Waals surface area (Å²) in [6.45, 7) is 9.29. The van der Waals surface area contributed by atoms with Crippen LogP contribution >= 0.6 is 0 Å². The number of rotatable bonds is 5. The molecule has 0 spiro atoms. The molecule has 1 aliphatic rings. The number of fused-ring (bicyclic) bond motifs is 1. The molecule has 106 valence electrons. The molecule has 1 aromatic carbocycles. The first-order valence-corrected chi connectivity index (χ1v) is 7.59. The molecule has 0 aromatic heterocycles. The summed E-state index contributed by atoms with van der Waals surface area (Å²) >= 11 is 0. The zero-order valence-corrected chi connectivity index (χ0v) is 12.9. The lowest BCUT2D eigenvalue weighted by atomic mass is 9.84. The zero-order valence-electron chi connectivity index (χ0n) is 12.9. The standard InChI is InChI=1S/C17H28N2/c1-5-17(3,12-18-4)13-19-14(2)10-11-15-8-6-7-9-16(15)19/h6-9,14,18H,5,10-13H2,1-4H3. The highest BCUT2D eigenvalue weighted by molar-refractivity contribution is 5.56. The van der Waals surface area contributed by atoms with Crippen molar-refractivity contribution in [3.05, 3.63) is 29.8 Å². The Morgan fingerprint density at radius 2 is 2.11 bits per heavy atom. The van der Waals surface area contributed by atoms with E-state index in [1.165, 1.54) is 30.5 Å². The fraction of sp³-hybridized carbons (Fsp3) is 0.647. The molecule has 2 heteroatoms. The second-order valence-electron chi connectivity index (χ2n) is 6.34. The van der Waals surface area contributed by atoms with Gasteiger partial charge in [0.2, 0.25) is 0 Å². The van der Waals surface area contributed by atoms with Gasteiger partial charge in [-0.3, -0.25) is 0 Å². The van der Waals surface area contributed by atoms with Crippen LogP contribution in [-0.2, 0) is 6.42 Å². The average Bonchev–Trinajstić information content (AvgIpc) is 2.42. The molecular formula is C17H28N2. The Labute approximate surface area is 118 Å². The van der Waals surface area contributed by atoms with E-state index in [9.17, 15) is 0 Å². The van der Waals surface area contributed by atoms with Crippen LogP contribution in [0.4, 0.5) is 5.69 Å². The molecule has 19 heavy (non-hydrogen) atoms. The first kappa shape index (κ1) is 14.4. The summed E-state index contributed by atoms with van der Waals surface area (Å²) in [5, 5.41) is 3.36. The van der Waals surface area contributed by atoms with Gasteiger partial charge < -0.3 is 10.2 Å². The van der Waals surface area contributed by atoms with E-state index < -0.39 is 0 Å². The van der Waals surface area contributed by atoms with Gasteiger partial charge in [0, 0.05) is 24.8 Å². The Bertz CT molecular complexity index is 415. The van der Waals surface area contributed by atoms with E-state index >= 15 is 0 Å². The Balaban J connectivity index is 2.23. The topological polar surface area (TPSA) is 15.3 Å². The highest BCUT2D eigenvalue weighted by atomic mass is 15.2. The molecule has 0 fully saturated rings. The van der Waals surface area contributed by atoms with Crippen molar-refractivity contribution in [3.8, 4) is 0 Å². The molecule has 2 rings (SSSR count). The van der Waals surface area contributed by atoms with Crippen molar-refractivity contribution in [1.29, 1.82) is 0 Å². The van der Waals surface area contributed by atoms with Gasteiger partial charge in [-0.25, -0.2) is 0 Å². The lowest BCUT2D eigenvalue weighted by molar-refractivity contribution is 0.292. The van der Waals surface area contributed by atoms with E-state index in [0.717, 1.165) is 13.1 Å². The minimum absolute atomic E-state index is 0.341. The van der Waals surface area contributed by atoms with Crippen molar-refractivity contribution in [2.24, 2.45) is 5.41 Å². The molecule has 0 saturated heterocycles. The van der Waals surface area contributed by atoms with Crippen molar-refractivity contribution >= 4 is 5.69 Å². The monoisotopic (exact) mass is 260 g/mol. The molecule has 0 aliphatic carbocycles. The van der Waals surface area contributed by atoms with E-state index in [1.807, 2.05) is 0 Å². The quantitative estimate of drug-likeness (QED) is 0.872. The van der Waals surface area contributed by atoms with Crippen LogP contribution in [0.5, 0.6) is 0 Å². The van der Waals surface area contributed by atoms with Gasteiger partial charge in [0.1, 0.15) is 0 Å². The molecule has 2 nitrogen and oxygen atoms in total. The molecular weight excluding hydrogens is 232 g/mol. The van der Waals surface area contributed by atoms with Gasteiger partial charge in [-0.1, -0.05) is 32.0 Å². The van der Waals surface area contributed by atoms with Gasteiger partial charge in [0.25, 0.3) is 0 Å². The number of benzene rings is 1. The normalized spacial score (nSPS) is 21.9. The molecule has 2 atom stereocenters. The van der Waals surface area contributed by atoms with Crippen LogP contribution < -0.4 is 10.2 Å². The van der Waals surface area contributed by atoms with Crippen molar-refractivity contribution in [2.75, 3.05) is 25.0 Å². The van der Waals surface area contributed by atoms with Gasteiger partial charge in [-0.15, -0.1) is 0 Å². The maximum atomic E-state index is 3.36.